The van der Waals surface area contributed by atoms with Gasteiger partial charge < -0.3 is 10.2 Å². The van der Waals surface area contributed by atoms with Crippen LogP contribution in [-0.2, 0) is 62.9 Å². The molecule has 9 heavy (non-hydrogen) atoms. The quantitative estimate of drug-likeness (QED) is 0.447. The van der Waals surface area contributed by atoms with Gasteiger partial charge in [0.15, 0.2) is 0 Å². The Morgan fingerprint density at radius 1 is 1.00 bits per heavy atom. The minimum Gasteiger partial charge on any atom is -0.473 e. The number of hydrogen-bond acceptors (Lipinski definition) is 2. The Morgan fingerprint density at radius 3 is 1.11 bits per heavy atom. The first-order chi connectivity index (χ1) is 2.64. The minimum absolute atomic E-state index is 0. The smallest absolute Gasteiger partial charge is 0.414 e. The van der Waals surface area contributed by atoms with E-state index in [1.54, 1.807) is 0 Å². The van der Waals surface area contributed by atoms with Gasteiger partial charge in [-0.15, -0.1) is 0 Å². The minimum atomic E-state index is -1.82. The molecule has 0 spiro atoms. The molecule has 0 aromatic carbocycles. The fourth-order valence-corrected chi connectivity index (χ4v) is 0. The average molecular weight is 278 g/mol. The zero-order chi connectivity index (χ0) is 5.15. The number of rotatable bonds is 0. The van der Waals surface area contributed by atoms with Gasteiger partial charge in [0, 0.05) is 53.3 Å². The maximum Gasteiger partial charge on any atom is 0.414 e. The van der Waals surface area contributed by atoms with E-state index in [-0.39, 0.29) is 53.3 Å². The molecule has 0 aliphatic rings. The van der Waals surface area contributed by atoms with Crippen molar-refractivity contribution in [3.8, 4) is 0 Å². The Morgan fingerprint density at radius 2 is 1.11 bits per heavy atom. The van der Waals surface area contributed by atoms with E-state index in [0.29, 0.717) is 0 Å². The molecular formula is C2H2CoCuO4Zn. The third kappa shape index (κ3) is 17.7. The van der Waals surface area contributed by atoms with Crippen LogP contribution in [0.4, 0.5) is 0 Å². The molecule has 0 amide bonds. The summed E-state index contributed by atoms with van der Waals surface area (Å²) >= 11 is 0. The van der Waals surface area contributed by atoms with Crippen LogP contribution in [0.3, 0.4) is 0 Å². The third-order valence-electron chi connectivity index (χ3n) is 0.183. The van der Waals surface area contributed by atoms with Crippen LogP contribution in [0.25, 0.3) is 0 Å². The van der Waals surface area contributed by atoms with Gasteiger partial charge in [0.25, 0.3) is 0 Å². The van der Waals surface area contributed by atoms with Gasteiger partial charge in [-0.1, -0.05) is 0 Å². The van der Waals surface area contributed by atoms with E-state index in [0.717, 1.165) is 0 Å². The van der Waals surface area contributed by atoms with E-state index >= 15 is 0 Å². The summed E-state index contributed by atoms with van der Waals surface area (Å²) in [5.41, 5.74) is 0. The van der Waals surface area contributed by atoms with Gasteiger partial charge in [0.1, 0.15) is 0 Å². The normalized spacial score (nSPS) is 4.89. The molecule has 7 heteroatoms. The van der Waals surface area contributed by atoms with Crippen LogP contribution in [0.15, 0.2) is 0 Å². The summed E-state index contributed by atoms with van der Waals surface area (Å²) in [6, 6.07) is 0. The van der Waals surface area contributed by atoms with E-state index in [4.69, 9.17) is 19.8 Å². The van der Waals surface area contributed by atoms with Crippen molar-refractivity contribution in [2.24, 2.45) is 0 Å². The van der Waals surface area contributed by atoms with E-state index < -0.39 is 11.9 Å². The van der Waals surface area contributed by atoms with Gasteiger partial charge in [-0.05, 0) is 0 Å². The van der Waals surface area contributed by atoms with Gasteiger partial charge in [0.2, 0.25) is 0 Å². The molecule has 2 radical (unpaired) electrons. The van der Waals surface area contributed by atoms with Crippen LogP contribution in [0.2, 0.25) is 0 Å². The monoisotopic (exact) mass is 276 g/mol. The molecular weight excluding hydrogens is 276 g/mol. The first-order valence-electron chi connectivity index (χ1n) is 1.11. The second kappa shape index (κ2) is 11.4. The second-order valence-electron chi connectivity index (χ2n) is 0.610. The maximum atomic E-state index is 9.10. The van der Waals surface area contributed by atoms with Gasteiger partial charge in [-0.3, -0.25) is 0 Å². The van der Waals surface area contributed by atoms with Crippen molar-refractivity contribution in [3.63, 3.8) is 0 Å². The molecule has 0 aliphatic carbocycles. The molecule has 0 bridgehead atoms. The van der Waals surface area contributed by atoms with Gasteiger partial charge in [-0.25, -0.2) is 9.59 Å². The van der Waals surface area contributed by atoms with Crippen molar-refractivity contribution >= 4 is 11.9 Å². The predicted molar refractivity (Wildman–Crippen MR) is 15.3 cm³/mol. The summed E-state index contributed by atoms with van der Waals surface area (Å²) in [5.74, 6) is -3.65. The summed E-state index contributed by atoms with van der Waals surface area (Å²) in [6.07, 6.45) is 0. The Hall–Kier alpha value is 0.589. The van der Waals surface area contributed by atoms with Crippen LogP contribution in [0.5, 0.6) is 0 Å². The number of hydrogen-bond donors (Lipinski definition) is 2. The number of aliphatic carboxylic acids is 2. The largest absolute Gasteiger partial charge is 0.473 e. The number of carboxylic acids is 2. The fourth-order valence-electron chi connectivity index (χ4n) is 0. The van der Waals surface area contributed by atoms with Gasteiger partial charge in [0.05, 0.1) is 0 Å². The Kier molecular flexibility index (Phi) is 28.7. The van der Waals surface area contributed by atoms with E-state index in [9.17, 15) is 0 Å². The van der Waals surface area contributed by atoms with Crippen molar-refractivity contribution in [2.45, 2.75) is 0 Å². The summed E-state index contributed by atoms with van der Waals surface area (Å²) in [5, 5.41) is 14.8. The molecule has 4 nitrogen and oxygen atoms in total. The van der Waals surface area contributed by atoms with Crippen LogP contribution in [0, 0.1) is 0 Å². The fraction of sp³-hybridized carbons (Fsp3) is 0. The topological polar surface area (TPSA) is 74.6 Å². The zero-order valence-electron chi connectivity index (χ0n) is 4.05. The van der Waals surface area contributed by atoms with E-state index in [1.807, 2.05) is 0 Å². The standard InChI is InChI=1S/C2H2O4.Co.Cu.Zn/c3-1(4)2(5)6;;;/h(H,3,4)(H,5,6);;;. The Bertz CT molecular complexity index is 84.6. The van der Waals surface area contributed by atoms with Crippen molar-refractivity contribution < 1.29 is 73.1 Å². The molecule has 0 rings (SSSR count). The average Bonchev–Trinajstić information content (AvgIpc) is 1.36. The Labute approximate surface area is 84.8 Å². The van der Waals surface area contributed by atoms with Crippen molar-refractivity contribution in [1.29, 1.82) is 0 Å². The first kappa shape index (κ1) is 22.6. The summed E-state index contributed by atoms with van der Waals surface area (Å²) in [7, 11) is 0. The van der Waals surface area contributed by atoms with Crippen LogP contribution in [0.1, 0.15) is 0 Å². The molecule has 2 N–H and O–H groups in total. The molecule has 0 atom stereocenters. The van der Waals surface area contributed by atoms with Crippen molar-refractivity contribution in [1.82, 2.24) is 0 Å². The summed E-state index contributed by atoms with van der Waals surface area (Å²) in [4.78, 5) is 18.2. The summed E-state index contributed by atoms with van der Waals surface area (Å²) in [6.45, 7) is 0. The molecule has 0 heterocycles. The van der Waals surface area contributed by atoms with Gasteiger partial charge >= 0.3 is 11.9 Å². The molecule has 0 fully saturated rings. The predicted octanol–water partition coefficient (Wildman–Crippen LogP) is -0.852. The molecule has 0 saturated heterocycles. The van der Waals surface area contributed by atoms with Crippen molar-refractivity contribution in [3.05, 3.63) is 0 Å². The molecule has 0 aromatic rings. The second-order valence-corrected chi connectivity index (χ2v) is 0.610. The maximum absolute atomic E-state index is 9.10. The molecule has 56 valence electrons. The van der Waals surface area contributed by atoms with E-state index in [1.165, 1.54) is 0 Å². The molecule has 0 unspecified atom stereocenters. The van der Waals surface area contributed by atoms with E-state index in [2.05, 4.69) is 0 Å². The Balaban J connectivity index is -0.0000000417. The SMILES string of the molecule is O=C(O)C(=O)O.[Co].[Cu].[Zn]. The summed E-state index contributed by atoms with van der Waals surface area (Å²) < 4.78 is 0. The first-order valence-corrected chi connectivity index (χ1v) is 1.11. The third-order valence-corrected chi connectivity index (χ3v) is 0.183. The van der Waals surface area contributed by atoms with Gasteiger partial charge in [-0.2, -0.15) is 0 Å². The molecule has 0 aromatic heterocycles. The van der Waals surface area contributed by atoms with Crippen LogP contribution >= 0.6 is 0 Å². The number of carboxylic acid groups (broad SMARTS) is 2. The molecule has 0 saturated carbocycles. The van der Waals surface area contributed by atoms with Crippen molar-refractivity contribution in [2.75, 3.05) is 0 Å². The molecule has 0 aliphatic heterocycles. The zero-order valence-corrected chi connectivity index (χ0v) is 9.00. The number of carbonyl (C=O) groups is 2. The van der Waals surface area contributed by atoms with Crippen LogP contribution in [-0.4, -0.2) is 22.2 Å². The van der Waals surface area contributed by atoms with Crippen LogP contribution < -0.4 is 0 Å².